The Balaban J connectivity index is 0.000000208. The molecule has 0 saturated heterocycles. The van der Waals surface area contributed by atoms with Crippen molar-refractivity contribution < 1.29 is 9.90 Å². The normalized spacial score (nSPS) is 9.93. The van der Waals surface area contributed by atoms with E-state index in [2.05, 4.69) is 24.5 Å². The van der Waals surface area contributed by atoms with Crippen LogP contribution >= 0.6 is 0 Å². The van der Waals surface area contributed by atoms with E-state index in [-0.39, 0.29) is 6.03 Å². The molecule has 3 N–H and O–H groups in total. The molecule has 0 aliphatic carbocycles. The third kappa shape index (κ3) is 6.86. The lowest BCUT2D eigenvalue weighted by molar-refractivity contribution is 0.262. The number of aromatic hydroxyl groups is 1. The van der Waals surface area contributed by atoms with Crippen molar-refractivity contribution in [2.75, 3.05) is 10.6 Å². The maximum atomic E-state index is 11.6. The summed E-state index contributed by atoms with van der Waals surface area (Å²) in [6.07, 6.45) is 0. The summed E-state index contributed by atoms with van der Waals surface area (Å²) in [7, 11) is 0. The first-order valence-electron chi connectivity index (χ1n) is 8.93. The van der Waals surface area contributed by atoms with Gasteiger partial charge < -0.3 is 15.7 Å². The monoisotopic (exact) mass is 362 g/mol. The lowest BCUT2D eigenvalue weighted by atomic mass is 10.0. The number of nitrogens with one attached hydrogen (secondary N) is 2. The average molecular weight is 362 g/mol. The summed E-state index contributed by atoms with van der Waals surface area (Å²) in [6.45, 7) is 6.12. The van der Waals surface area contributed by atoms with E-state index < -0.39 is 0 Å². The van der Waals surface area contributed by atoms with E-state index in [1.54, 1.807) is 6.07 Å². The van der Waals surface area contributed by atoms with Crippen LogP contribution in [0.5, 0.6) is 5.75 Å². The van der Waals surface area contributed by atoms with Crippen LogP contribution in [0.4, 0.5) is 16.2 Å². The molecule has 0 atom stereocenters. The van der Waals surface area contributed by atoms with Gasteiger partial charge in [-0.1, -0.05) is 62.4 Å². The maximum absolute atomic E-state index is 11.6. The highest BCUT2D eigenvalue weighted by Gasteiger charge is 2.04. The van der Waals surface area contributed by atoms with Crippen molar-refractivity contribution in [3.63, 3.8) is 0 Å². The number of urea groups is 1. The fraction of sp³-hybridized carbons (Fsp3) is 0.174. The number of carbonyl (C=O) groups is 1. The number of anilines is 2. The molecule has 0 fully saturated rings. The highest BCUT2D eigenvalue weighted by Crippen LogP contribution is 2.25. The Morgan fingerprint density at radius 1 is 0.815 bits per heavy atom. The molecular formula is C23H26N2O2. The second kappa shape index (κ2) is 10.0. The number of amides is 2. The van der Waals surface area contributed by atoms with Crippen LogP contribution in [-0.2, 0) is 0 Å². The SMILES string of the molecule is Cc1ccc(C(C)C)c(O)c1.O=C(Nc1ccccc1)Nc1ccccc1. The lowest BCUT2D eigenvalue weighted by Crippen LogP contribution is -2.19. The van der Waals surface area contributed by atoms with E-state index >= 15 is 0 Å². The van der Waals surface area contributed by atoms with Crippen LogP contribution in [0.25, 0.3) is 0 Å². The molecule has 0 unspecified atom stereocenters. The minimum atomic E-state index is -0.239. The Morgan fingerprint density at radius 2 is 1.30 bits per heavy atom. The zero-order valence-corrected chi connectivity index (χ0v) is 15.9. The van der Waals surface area contributed by atoms with Crippen LogP contribution in [0.3, 0.4) is 0 Å². The van der Waals surface area contributed by atoms with Crippen LogP contribution in [0, 0.1) is 6.92 Å². The molecule has 3 aromatic rings. The molecule has 2 amide bonds. The molecule has 140 valence electrons. The summed E-state index contributed by atoms with van der Waals surface area (Å²) < 4.78 is 0. The van der Waals surface area contributed by atoms with E-state index in [4.69, 9.17) is 0 Å². The zero-order chi connectivity index (χ0) is 19.6. The second-order valence-corrected chi connectivity index (χ2v) is 6.53. The zero-order valence-electron chi connectivity index (χ0n) is 15.9. The Kier molecular flexibility index (Phi) is 7.44. The van der Waals surface area contributed by atoms with Gasteiger partial charge in [-0.05, 0) is 54.3 Å². The smallest absolute Gasteiger partial charge is 0.323 e. The van der Waals surface area contributed by atoms with Gasteiger partial charge in [0.2, 0.25) is 0 Å². The highest BCUT2D eigenvalue weighted by atomic mass is 16.3. The first-order valence-corrected chi connectivity index (χ1v) is 8.93. The first kappa shape index (κ1) is 20.0. The van der Waals surface area contributed by atoms with Gasteiger partial charge in [-0.15, -0.1) is 0 Å². The predicted molar refractivity (Wildman–Crippen MR) is 112 cm³/mol. The summed E-state index contributed by atoms with van der Waals surface area (Å²) in [5, 5.41) is 14.9. The van der Waals surface area contributed by atoms with Gasteiger partial charge in [-0.25, -0.2) is 4.79 Å². The number of hydrogen-bond donors (Lipinski definition) is 3. The molecule has 0 aliphatic rings. The fourth-order valence-corrected chi connectivity index (χ4v) is 2.48. The number of carbonyl (C=O) groups excluding carboxylic acids is 1. The molecule has 0 aromatic heterocycles. The van der Waals surface area contributed by atoms with E-state index in [0.717, 1.165) is 22.5 Å². The minimum Gasteiger partial charge on any atom is -0.508 e. The Morgan fingerprint density at radius 3 is 1.70 bits per heavy atom. The summed E-state index contributed by atoms with van der Waals surface area (Å²) >= 11 is 0. The van der Waals surface area contributed by atoms with Crippen LogP contribution in [0.1, 0.15) is 30.9 Å². The maximum Gasteiger partial charge on any atom is 0.323 e. The van der Waals surface area contributed by atoms with E-state index in [1.165, 1.54) is 0 Å². The molecule has 3 aromatic carbocycles. The summed E-state index contributed by atoms with van der Waals surface area (Å²) in [5.41, 5.74) is 3.68. The Labute approximate surface area is 160 Å². The number of para-hydroxylation sites is 2. The quantitative estimate of drug-likeness (QED) is 0.523. The summed E-state index contributed by atoms with van der Waals surface area (Å²) in [4.78, 5) is 11.6. The molecule has 27 heavy (non-hydrogen) atoms. The van der Waals surface area contributed by atoms with Crippen LogP contribution in [0.2, 0.25) is 0 Å². The van der Waals surface area contributed by atoms with Crippen molar-refractivity contribution >= 4 is 17.4 Å². The standard InChI is InChI=1S/C13H12N2O.C10H14O/c16-13(14-11-7-3-1-4-8-11)15-12-9-5-2-6-10-12;1-7(2)9-5-4-8(3)6-10(9)11/h1-10H,(H2,14,15,16);4-7,11H,1-3H3. The van der Waals surface area contributed by atoms with E-state index in [0.29, 0.717) is 11.7 Å². The second-order valence-electron chi connectivity index (χ2n) is 6.53. The third-order valence-corrected chi connectivity index (χ3v) is 3.87. The Hall–Kier alpha value is -3.27. The third-order valence-electron chi connectivity index (χ3n) is 3.87. The van der Waals surface area contributed by atoms with Gasteiger partial charge in [-0.2, -0.15) is 0 Å². The van der Waals surface area contributed by atoms with Crippen molar-refractivity contribution in [3.05, 3.63) is 90.0 Å². The van der Waals surface area contributed by atoms with Crippen LogP contribution in [-0.4, -0.2) is 11.1 Å². The van der Waals surface area contributed by atoms with Crippen LogP contribution in [0.15, 0.2) is 78.9 Å². The lowest BCUT2D eigenvalue weighted by Gasteiger charge is -2.07. The van der Waals surface area contributed by atoms with Gasteiger partial charge in [0, 0.05) is 11.4 Å². The van der Waals surface area contributed by atoms with Crippen molar-refractivity contribution in [2.24, 2.45) is 0 Å². The fourth-order valence-electron chi connectivity index (χ4n) is 2.48. The molecule has 4 nitrogen and oxygen atoms in total. The molecule has 0 aliphatic heterocycles. The number of phenolic OH excluding ortho intramolecular Hbond substituents is 1. The van der Waals surface area contributed by atoms with Gasteiger partial charge in [-0.3, -0.25) is 0 Å². The topological polar surface area (TPSA) is 61.4 Å². The highest BCUT2D eigenvalue weighted by molar-refractivity contribution is 5.99. The van der Waals surface area contributed by atoms with Gasteiger partial charge in [0.25, 0.3) is 0 Å². The molecule has 3 rings (SSSR count). The van der Waals surface area contributed by atoms with Crippen molar-refractivity contribution in [1.29, 1.82) is 0 Å². The Bertz CT molecular complexity index is 803. The van der Waals surface area contributed by atoms with Crippen molar-refractivity contribution in [2.45, 2.75) is 26.7 Å². The van der Waals surface area contributed by atoms with E-state index in [9.17, 15) is 9.90 Å². The molecule has 0 saturated carbocycles. The minimum absolute atomic E-state index is 0.239. The summed E-state index contributed by atoms with van der Waals surface area (Å²) in [6, 6.07) is 24.2. The molecule has 0 radical (unpaired) electrons. The predicted octanol–water partition coefficient (Wildman–Crippen LogP) is 6.15. The van der Waals surface area contributed by atoms with E-state index in [1.807, 2.05) is 79.7 Å². The number of phenols is 1. The van der Waals surface area contributed by atoms with Crippen molar-refractivity contribution in [1.82, 2.24) is 0 Å². The summed E-state index contributed by atoms with van der Waals surface area (Å²) in [5.74, 6) is 0.815. The molecule has 0 bridgehead atoms. The molecule has 4 heteroatoms. The molecule has 0 spiro atoms. The van der Waals surface area contributed by atoms with Gasteiger partial charge in [0.15, 0.2) is 0 Å². The van der Waals surface area contributed by atoms with Gasteiger partial charge >= 0.3 is 6.03 Å². The molecular weight excluding hydrogens is 336 g/mol. The average Bonchev–Trinajstić information content (AvgIpc) is 2.63. The number of aryl methyl sites for hydroxylation is 1. The number of hydrogen-bond acceptors (Lipinski definition) is 2. The van der Waals surface area contributed by atoms with Crippen molar-refractivity contribution in [3.8, 4) is 5.75 Å². The van der Waals surface area contributed by atoms with Gasteiger partial charge in [0.1, 0.15) is 5.75 Å². The number of benzene rings is 3. The largest absolute Gasteiger partial charge is 0.508 e. The van der Waals surface area contributed by atoms with Crippen LogP contribution < -0.4 is 10.6 Å². The number of rotatable bonds is 3. The van der Waals surface area contributed by atoms with Gasteiger partial charge in [0.05, 0.1) is 0 Å². The first-order chi connectivity index (χ1) is 13.0. The molecule has 0 heterocycles.